The van der Waals surface area contributed by atoms with E-state index in [4.69, 9.17) is 4.74 Å². The van der Waals surface area contributed by atoms with E-state index in [0.29, 0.717) is 18.9 Å². The summed E-state index contributed by atoms with van der Waals surface area (Å²) in [4.78, 5) is 26.7. The monoisotopic (exact) mass is 296 g/mol. The third kappa shape index (κ3) is 3.96. The van der Waals surface area contributed by atoms with Gasteiger partial charge in [0.15, 0.2) is 0 Å². The van der Waals surface area contributed by atoms with E-state index in [1.165, 1.54) is 0 Å². The van der Waals surface area contributed by atoms with Crippen LogP contribution in [-0.4, -0.2) is 48.1 Å². The van der Waals surface area contributed by atoms with Gasteiger partial charge < -0.3 is 15.0 Å². The van der Waals surface area contributed by atoms with Crippen molar-refractivity contribution in [1.29, 1.82) is 0 Å². The maximum Gasteiger partial charge on any atom is 0.245 e. The highest BCUT2D eigenvalue weighted by Crippen LogP contribution is 2.22. The van der Waals surface area contributed by atoms with E-state index in [0.717, 1.165) is 32.3 Å². The number of nitrogens with one attached hydrogen (secondary N) is 1. The molecule has 2 aliphatic heterocycles. The summed E-state index contributed by atoms with van der Waals surface area (Å²) in [6.45, 7) is 7.56. The Labute approximate surface area is 127 Å². The smallest absolute Gasteiger partial charge is 0.245 e. The quantitative estimate of drug-likeness (QED) is 0.812. The van der Waals surface area contributed by atoms with E-state index in [1.807, 2.05) is 6.92 Å². The highest BCUT2D eigenvalue weighted by atomic mass is 16.5. The maximum atomic E-state index is 12.6. The number of hydrogen-bond acceptors (Lipinski definition) is 3. The predicted octanol–water partition coefficient (Wildman–Crippen LogP) is 1.71. The summed E-state index contributed by atoms with van der Waals surface area (Å²) in [5.41, 5.74) is 0. The van der Waals surface area contributed by atoms with Gasteiger partial charge in [0.25, 0.3) is 0 Å². The number of carbonyl (C=O) groups excluding carboxylic acids is 2. The fourth-order valence-electron chi connectivity index (χ4n) is 3.20. The van der Waals surface area contributed by atoms with Gasteiger partial charge >= 0.3 is 0 Å². The summed E-state index contributed by atoms with van der Waals surface area (Å²) in [5, 5.41) is 2.87. The van der Waals surface area contributed by atoms with Gasteiger partial charge in [-0.25, -0.2) is 0 Å². The van der Waals surface area contributed by atoms with E-state index in [9.17, 15) is 9.59 Å². The van der Waals surface area contributed by atoms with Crippen LogP contribution in [-0.2, 0) is 14.3 Å². The molecule has 0 aromatic rings. The van der Waals surface area contributed by atoms with Crippen LogP contribution in [0.1, 0.15) is 52.9 Å². The molecule has 2 heterocycles. The Kier molecular flexibility index (Phi) is 5.62. The molecule has 5 heteroatoms. The second-order valence-corrected chi connectivity index (χ2v) is 6.57. The Morgan fingerprint density at radius 1 is 1.38 bits per heavy atom. The fourth-order valence-corrected chi connectivity index (χ4v) is 3.20. The first-order valence-corrected chi connectivity index (χ1v) is 8.25. The summed E-state index contributed by atoms with van der Waals surface area (Å²) >= 11 is 0. The van der Waals surface area contributed by atoms with Gasteiger partial charge in [0, 0.05) is 13.2 Å². The SMILES string of the molecule is CCC1NC(=O)C(CC(C)C)N(CCC2CCCO2)C1=O. The molecule has 0 aliphatic carbocycles. The normalized spacial score (nSPS) is 30.1. The van der Waals surface area contributed by atoms with Crippen molar-refractivity contribution >= 4 is 11.8 Å². The van der Waals surface area contributed by atoms with Gasteiger partial charge in [-0.15, -0.1) is 0 Å². The lowest BCUT2D eigenvalue weighted by Gasteiger charge is -2.40. The van der Waals surface area contributed by atoms with Gasteiger partial charge in [-0.1, -0.05) is 20.8 Å². The molecular formula is C16H28N2O3. The van der Waals surface area contributed by atoms with Gasteiger partial charge in [0.05, 0.1) is 6.10 Å². The van der Waals surface area contributed by atoms with Crippen LogP contribution in [0.25, 0.3) is 0 Å². The van der Waals surface area contributed by atoms with Crippen LogP contribution in [0.2, 0.25) is 0 Å². The largest absolute Gasteiger partial charge is 0.378 e. The Bertz CT molecular complexity index is 378. The van der Waals surface area contributed by atoms with Crippen molar-refractivity contribution in [2.24, 2.45) is 5.92 Å². The Hall–Kier alpha value is -1.10. The molecule has 5 nitrogen and oxygen atoms in total. The van der Waals surface area contributed by atoms with Crippen LogP contribution in [0.4, 0.5) is 0 Å². The molecule has 2 fully saturated rings. The average Bonchev–Trinajstić information content (AvgIpc) is 2.94. The molecule has 2 rings (SSSR count). The standard InChI is InChI=1S/C16H28N2O3/c1-4-13-16(20)18(8-7-12-6-5-9-21-12)14(10-11(2)3)15(19)17-13/h11-14H,4-10H2,1-3H3,(H,17,19). The van der Waals surface area contributed by atoms with Crippen molar-refractivity contribution < 1.29 is 14.3 Å². The molecule has 0 saturated carbocycles. The number of rotatable bonds is 6. The summed E-state index contributed by atoms with van der Waals surface area (Å²) in [6, 6.07) is -0.674. The van der Waals surface area contributed by atoms with Crippen molar-refractivity contribution in [1.82, 2.24) is 10.2 Å². The number of hydrogen-bond donors (Lipinski definition) is 1. The van der Waals surface area contributed by atoms with Gasteiger partial charge in [-0.05, 0) is 38.0 Å². The lowest BCUT2D eigenvalue weighted by Crippen LogP contribution is -2.63. The van der Waals surface area contributed by atoms with Crippen LogP contribution in [0.15, 0.2) is 0 Å². The molecule has 1 N–H and O–H groups in total. The molecule has 3 atom stereocenters. The van der Waals surface area contributed by atoms with Gasteiger partial charge in [-0.2, -0.15) is 0 Å². The van der Waals surface area contributed by atoms with E-state index in [-0.39, 0.29) is 30.0 Å². The topological polar surface area (TPSA) is 58.6 Å². The first-order chi connectivity index (χ1) is 10.0. The lowest BCUT2D eigenvalue weighted by atomic mass is 9.96. The number of ether oxygens (including phenoxy) is 1. The van der Waals surface area contributed by atoms with Gasteiger partial charge in [0.1, 0.15) is 12.1 Å². The summed E-state index contributed by atoms with van der Waals surface area (Å²) in [7, 11) is 0. The minimum Gasteiger partial charge on any atom is -0.378 e. The predicted molar refractivity (Wildman–Crippen MR) is 80.8 cm³/mol. The average molecular weight is 296 g/mol. The van der Waals surface area contributed by atoms with Crippen molar-refractivity contribution in [2.75, 3.05) is 13.2 Å². The molecule has 120 valence electrons. The molecule has 21 heavy (non-hydrogen) atoms. The van der Waals surface area contributed by atoms with Crippen LogP contribution >= 0.6 is 0 Å². The van der Waals surface area contributed by atoms with Crippen molar-refractivity contribution in [3.05, 3.63) is 0 Å². The fraction of sp³-hybridized carbons (Fsp3) is 0.875. The molecule has 3 unspecified atom stereocenters. The second kappa shape index (κ2) is 7.25. The summed E-state index contributed by atoms with van der Waals surface area (Å²) in [6.07, 6.45) is 4.63. The Morgan fingerprint density at radius 3 is 2.71 bits per heavy atom. The van der Waals surface area contributed by atoms with Crippen molar-refractivity contribution in [3.8, 4) is 0 Å². The zero-order chi connectivity index (χ0) is 15.4. The molecule has 0 aromatic carbocycles. The van der Waals surface area contributed by atoms with Crippen LogP contribution in [0.3, 0.4) is 0 Å². The van der Waals surface area contributed by atoms with Gasteiger partial charge in [-0.3, -0.25) is 9.59 Å². The zero-order valence-electron chi connectivity index (χ0n) is 13.4. The number of amides is 2. The Balaban J connectivity index is 2.04. The third-order valence-corrected chi connectivity index (χ3v) is 4.40. The molecule has 2 saturated heterocycles. The van der Waals surface area contributed by atoms with Crippen LogP contribution < -0.4 is 5.32 Å². The molecule has 0 radical (unpaired) electrons. The highest BCUT2D eigenvalue weighted by Gasteiger charge is 2.39. The first kappa shape index (κ1) is 16.3. The van der Waals surface area contributed by atoms with E-state index in [2.05, 4.69) is 19.2 Å². The summed E-state index contributed by atoms with van der Waals surface area (Å²) < 4.78 is 5.64. The highest BCUT2D eigenvalue weighted by molar-refractivity contribution is 5.96. The molecule has 2 aliphatic rings. The molecule has 0 spiro atoms. The first-order valence-electron chi connectivity index (χ1n) is 8.25. The van der Waals surface area contributed by atoms with Gasteiger partial charge in [0.2, 0.25) is 11.8 Å². The van der Waals surface area contributed by atoms with Crippen molar-refractivity contribution in [3.63, 3.8) is 0 Å². The summed E-state index contributed by atoms with van der Waals surface area (Å²) in [5.74, 6) is 0.459. The number of piperazine rings is 1. The molecular weight excluding hydrogens is 268 g/mol. The van der Waals surface area contributed by atoms with Crippen molar-refractivity contribution in [2.45, 2.75) is 71.1 Å². The van der Waals surface area contributed by atoms with Crippen LogP contribution in [0, 0.1) is 5.92 Å². The van der Waals surface area contributed by atoms with E-state index < -0.39 is 0 Å². The minimum absolute atomic E-state index is 0.00231. The Morgan fingerprint density at radius 2 is 2.14 bits per heavy atom. The van der Waals surface area contributed by atoms with Crippen LogP contribution in [0.5, 0.6) is 0 Å². The number of carbonyl (C=O) groups is 2. The third-order valence-electron chi connectivity index (χ3n) is 4.40. The second-order valence-electron chi connectivity index (χ2n) is 6.57. The molecule has 0 bridgehead atoms. The zero-order valence-corrected chi connectivity index (χ0v) is 13.4. The van der Waals surface area contributed by atoms with E-state index >= 15 is 0 Å². The molecule has 2 amide bonds. The maximum absolute atomic E-state index is 12.6. The molecule has 0 aromatic heterocycles. The number of nitrogens with zero attached hydrogens (tertiary/aromatic N) is 1. The minimum atomic E-state index is -0.356. The van der Waals surface area contributed by atoms with E-state index in [1.54, 1.807) is 4.90 Å². The lowest BCUT2D eigenvalue weighted by molar-refractivity contribution is -0.150.